The summed E-state index contributed by atoms with van der Waals surface area (Å²) in [7, 11) is 0. The van der Waals surface area contributed by atoms with Gasteiger partial charge in [0, 0.05) is 6.07 Å². The fourth-order valence-electron chi connectivity index (χ4n) is 1.77. The molecule has 1 amide bonds. The zero-order chi connectivity index (χ0) is 14.5. The molecular formula is C14H21FN2O2. The molecule has 0 bridgehead atoms. The van der Waals surface area contributed by atoms with Crippen LogP contribution in [0.2, 0.25) is 0 Å². The quantitative estimate of drug-likeness (QED) is 0.833. The Morgan fingerprint density at radius 1 is 1.47 bits per heavy atom. The molecule has 0 aliphatic rings. The normalized spacial score (nSPS) is 13.7. The van der Waals surface area contributed by atoms with Gasteiger partial charge < -0.3 is 15.8 Å². The second kappa shape index (κ2) is 6.52. The highest BCUT2D eigenvalue weighted by Gasteiger charge is 2.27. The lowest BCUT2D eigenvalue weighted by atomic mass is 9.96. The van der Waals surface area contributed by atoms with Crippen molar-refractivity contribution in [1.82, 2.24) is 0 Å². The smallest absolute Gasteiger partial charge is 0.244 e. The number of halogens is 1. The molecular weight excluding hydrogens is 247 g/mol. The molecule has 1 rings (SSSR count). The van der Waals surface area contributed by atoms with Crippen LogP contribution in [0.25, 0.3) is 0 Å². The molecule has 0 heterocycles. The standard InChI is InChI=1S/C14H21FN2O2/c1-4-8-14(3,16)13(18)17-11-7-6-10(15)9-12(11)19-5-2/h6-7,9H,4-5,8,16H2,1-3H3,(H,17,18). The number of benzene rings is 1. The summed E-state index contributed by atoms with van der Waals surface area (Å²) in [5, 5.41) is 2.69. The summed E-state index contributed by atoms with van der Waals surface area (Å²) in [4.78, 5) is 12.1. The Bertz CT molecular complexity index is 447. The average Bonchev–Trinajstić information content (AvgIpc) is 2.32. The van der Waals surface area contributed by atoms with E-state index in [-0.39, 0.29) is 5.91 Å². The second-order valence-corrected chi connectivity index (χ2v) is 4.70. The second-order valence-electron chi connectivity index (χ2n) is 4.70. The lowest BCUT2D eigenvalue weighted by molar-refractivity contribution is -0.120. The summed E-state index contributed by atoms with van der Waals surface area (Å²) in [6.07, 6.45) is 1.38. The third kappa shape index (κ3) is 4.21. The molecule has 0 aliphatic carbocycles. The minimum atomic E-state index is -0.952. The molecule has 0 radical (unpaired) electrons. The first-order valence-corrected chi connectivity index (χ1v) is 6.43. The van der Waals surface area contributed by atoms with Crippen LogP contribution in [0.1, 0.15) is 33.6 Å². The van der Waals surface area contributed by atoms with Crippen LogP contribution in [0, 0.1) is 5.82 Å². The molecule has 3 N–H and O–H groups in total. The van der Waals surface area contributed by atoms with Gasteiger partial charge in [0.15, 0.2) is 0 Å². The van der Waals surface area contributed by atoms with E-state index in [9.17, 15) is 9.18 Å². The zero-order valence-corrected chi connectivity index (χ0v) is 11.6. The maximum atomic E-state index is 13.1. The highest BCUT2D eigenvalue weighted by Crippen LogP contribution is 2.26. The molecule has 0 saturated carbocycles. The topological polar surface area (TPSA) is 64.4 Å². The number of hydrogen-bond acceptors (Lipinski definition) is 3. The minimum Gasteiger partial charge on any atom is -0.492 e. The van der Waals surface area contributed by atoms with Gasteiger partial charge in [0.2, 0.25) is 5.91 Å². The van der Waals surface area contributed by atoms with Crippen molar-refractivity contribution in [1.29, 1.82) is 0 Å². The van der Waals surface area contributed by atoms with E-state index in [1.165, 1.54) is 18.2 Å². The van der Waals surface area contributed by atoms with Crippen LogP contribution < -0.4 is 15.8 Å². The van der Waals surface area contributed by atoms with E-state index in [2.05, 4.69) is 5.32 Å². The SMILES string of the molecule is CCCC(C)(N)C(=O)Nc1ccc(F)cc1OCC. The van der Waals surface area contributed by atoms with Gasteiger partial charge in [-0.2, -0.15) is 0 Å². The van der Waals surface area contributed by atoms with E-state index in [1.54, 1.807) is 13.8 Å². The molecule has 5 heteroatoms. The molecule has 1 aromatic carbocycles. The molecule has 1 aromatic rings. The van der Waals surface area contributed by atoms with Gasteiger partial charge in [-0.25, -0.2) is 4.39 Å². The Kier molecular flexibility index (Phi) is 5.30. The molecule has 0 aromatic heterocycles. The highest BCUT2D eigenvalue weighted by atomic mass is 19.1. The van der Waals surface area contributed by atoms with E-state index >= 15 is 0 Å². The van der Waals surface area contributed by atoms with Gasteiger partial charge in [-0.05, 0) is 32.4 Å². The first-order valence-electron chi connectivity index (χ1n) is 6.43. The maximum absolute atomic E-state index is 13.1. The van der Waals surface area contributed by atoms with Crippen molar-refractivity contribution < 1.29 is 13.9 Å². The van der Waals surface area contributed by atoms with Crippen LogP contribution in [-0.4, -0.2) is 18.1 Å². The Hall–Kier alpha value is -1.62. The van der Waals surface area contributed by atoms with Crippen molar-refractivity contribution in [3.8, 4) is 5.75 Å². The fourth-order valence-corrected chi connectivity index (χ4v) is 1.77. The van der Waals surface area contributed by atoms with Crippen molar-refractivity contribution >= 4 is 11.6 Å². The molecule has 1 unspecified atom stereocenters. The summed E-state index contributed by atoms with van der Waals surface area (Å²) in [6, 6.07) is 3.98. The average molecular weight is 268 g/mol. The summed E-state index contributed by atoms with van der Waals surface area (Å²) in [6.45, 7) is 5.82. The van der Waals surface area contributed by atoms with Crippen molar-refractivity contribution in [3.63, 3.8) is 0 Å². The molecule has 106 valence electrons. The molecule has 0 fully saturated rings. The summed E-state index contributed by atoms with van der Waals surface area (Å²) < 4.78 is 18.4. The number of nitrogens with two attached hydrogens (primary N) is 1. The summed E-state index contributed by atoms with van der Waals surface area (Å²) in [5.74, 6) is -0.407. The number of carbonyl (C=O) groups excluding carboxylic acids is 1. The first-order chi connectivity index (χ1) is 8.90. The van der Waals surface area contributed by atoms with Gasteiger partial charge in [-0.1, -0.05) is 13.3 Å². The first kappa shape index (κ1) is 15.4. The molecule has 19 heavy (non-hydrogen) atoms. The van der Waals surface area contributed by atoms with E-state index in [0.717, 1.165) is 6.42 Å². The van der Waals surface area contributed by atoms with Crippen molar-refractivity contribution in [2.45, 2.75) is 39.2 Å². The Morgan fingerprint density at radius 2 is 2.16 bits per heavy atom. The summed E-state index contributed by atoms with van der Waals surface area (Å²) in [5.41, 5.74) is 5.43. The number of anilines is 1. The lowest BCUT2D eigenvalue weighted by Gasteiger charge is -2.23. The monoisotopic (exact) mass is 268 g/mol. The Balaban J connectivity index is 2.90. The fraction of sp³-hybridized carbons (Fsp3) is 0.500. The Labute approximate surface area is 113 Å². The molecule has 1 atom stereocenters. The van der Waals surface area contributed by atoms with Gasteiger partial charge in [0.05, 0.1) is 17.8 Å². The third-order valence-electron chi connectivity index (χ3n) is 2.78. The van der Waals surface area contributed by atoms with E-state index in [1.807, 2.05) is 6.92 Å². The number of nitrogens with one attached hydrogen (secondary N) is 1. The van der Waals surface area contributed by atoms with Crippen LogP contribution in [0.3, 0.4) is 0 Å². The van der Waals surface area contributed by atoms with Gasteiger partial charge in [0.1, 0.15) is 11.6 Å². The third-order valence-corrected chi connectivity index (χ3v) is 2.78. The lowest BCUT2D eigenvalue weighted by Crippen LogP contribution is -2.48. The largest absolute Gasteiger partial charge is 0.492 e. The zero-order valence-electron chi connectivity index (χ0n) is 11.6. The Morgan fingerprint density at radius 3 is 2.74 bits per heavy atom. The van der Waals surface area contributed by atoms with Crippen molar-refractivity contribution in [2.24, 2.45) is 5.73 Å². The molecule has 0 spiro atoms. The van der Waals surface area contributed by atoms with Gasteiger partial charge in [-0.15, -0.1) is 0 Å². The van der Waals surface area contributed by atoms with Crippen LogP contribution >= 0.6 is 0 Å². The number of rotatable bonds is 6. The highest BCUT2D eigenvalue weighted by molar-refractivity contribution is 5.98. The predicted molar refractivity (Wildman–Crippen MR) is 73.7 cm³/mol. The van der Waals surface area contributed by atoms with Crippen molar-refractivity contribution in [3.05, 3.63) is 24.0 Å². The summed E-state index contributed by atoms with van der Waals surface area (Å²) >= 11 is 0. The van der Waals surface area contributed by atoms with Gasteiger partial charge in [-0.3, -0.25) is 4.79 Å². The maximum Gasteiger partial charge on any atom is 0.244 e. The van der Waals surface area contributed by atoms with Crippen LogP contribution in [0.4, 0.5) is 10.1 Å². The molecule has 0 aliphatic heterocycles. The molecule has 0 saturated heterocycles. The van der Waals surface area contributed by atoms with Crippen LogP contribution in [-0.2, 0) is 4.79 Å². The predicted octanol–water partition coefficient (Wildman–Crippen LogP) is 2.68. The number of hydrogen-bond donors (Lipinski definition) is 2. The van der Waals surface area contributed by atoms with Gasteiger partial charge >= 0.3 is 0 Å². The van der Waals surface area contributed by atoms with Crippen LogP contribution in [0.15, 0.2) is 18.2 Å². The van der Waals surface area contributed by atoms with E-state index < -0.39 is 11.4 Å². The van der Waals surface area contributed by atoms with Crippen LogP contribution in [0.5, 0.6) is 5.75 Å². The van der Waals surface area contributed by atoms with Gasteiger partial charge in [0.25, 0.3) is 0 Å². The number of amides is 1. The minimum absolute atomic E-state index is 0.304. The number of ether oxygens (including phenoxy) is 1. The van der Waals surface area contributed by atoms with Crippen molar-refractivity contribution in [2.75, 3.05) is 11.9 Å². The van der Waals surface area contributed by atoms with E-state index in [4.69, 9.17) is 10.5 Å². The molecule has 4 nitrogen and oxygen atoms in total. The number of carbonyl (C=O) groups is 1. The van der Waals surface area contributed by atoms with E-state index in [0.29, 0.717) is 24.5 Å².